The second kappa shape index (κ2) is 4.34. The molecule has 14 heavy (non-hydrogen) atoms. The van der Waals surface area contributed by atoms with Crippen LogP contribution in [0.25, 0.3) is 0 Å². The van der Waals surface area contributed by atoms with Crippen molar-refractivity contribution < 1.29 is 14.3 Å². The molecule has 1 amide bonds. The largest absolute Gasteiger partial charge is 0.344 e. The number of nitrogens with zero attached hydrogens (tertiary/aromatic N) is 3. The summed E-state index contributed by atoms with van der Waals surface area (Å²) in [5.74, 6) is -0.369. The Morgan fingerprint density at radius 2 is 2.43 bits per heavy atom. The van der Waals surface area contributed by atoms with Crippen molar-refractivity contribution in [3.63, 3.8) is 0 Å². The predicted molar refractivity (Wildman–Crippen MR) is 49.6 cm³/mol. The summed E-state index contributed by atoms with van der Waals surface area (Å²) in [5, 5.41) is 3.64. The Labute approximate surface area is 80.6 Å². The summed E-state index contributed by atoms with van der Waals surface area (Å²) in [5.41, 5.74) is 2.37. The number of amides is 1. The summed E-state index contributed by atoms with van der Waals surface area (Å²) in [6.45, 7) is 1.22. The topological polar surface area (TPSA) is 97.1 Å². The smallest absolute Gasteiger partial charge is 0.240 e. The van der Waals surface area contributed by atoms with Gasteiger partial charge in [-0.25, -0.2) is 10.4 Å². The van der Waals surface area contributed by atoms with Crippen LogP contribution in [0.3, 0.4) is 0 Å². The van der Waals surface area contributed by atoms with E-state index in [0.29, 0.717) is 0 Å². The van der Waals surface area contributed by atoms with E-state index in [1.165, 1.54) is 19.3 Å². The Hall–Kier alpha value is -1.20. The third-order valence-corrected chi connectivity index (χ3v) is 2.47. The molecule has 0 aromatic carbocycles. The van der Waals surface area contributed by atoms with Gasteiger partial charge in [-0.05, 0) is 0 Å². The summed E-state index contributed by atoms with van der Waals surface area (Å²) in [6.07, 6.45) is 2.55. The fourth-order valence-electron chi connectivity index (χ4n) is 0.759. The van der Waals surface area contributed by atoms with Crippen molar-refractivity contribution in [2.45, 2.75) is 6.42 Å². The molecule has 0 radical (unpaired) electrons. The minimum absolute atomic E-state index is 0.00978. The molecular weight excluding hydrogens is 207 g/mol. The van der Waals surface area contributed by atoms with E-state index in [2.05, 4.69) is 15.5 Å². The normalized spacial score (nSPS) is 14.7. The second-order valence-corrected chi connectivity index (χ2v) is 5.45. The number of hydrogen-bond acceptors (Lipinski definition) is 4. The van der Waals surface area contributed by atoms with Crippen molar-refractivity contribution in [3.8, 4) is 0 Å². The van der Waals surface area contributed by atoms with Crippen LogP contribution in [0, 0.1) is 0 Å². The summed E-state index contributed by atoms with van der Waals surface area (Å²) in [4.78, 5) is 24.8. The predicted octanol–water partition coefficient (Wildman–Crippen LogP) is -0.362. The van der Waals surface area contributed by atoms with Gasteiger partial charge in [-0.3, -0.25) is 9.36 Å². The van der Waals surface area contributed by atoms with E-state index in [1.54, 1.807) is 0 Å². The molecule has 0 aliphatic carbocycles. The van der Waals surface area contributed by atoms with Crippen molar-refractivity contribution in [2.75, 3.05) is 18.3 Å². The maximum Gasteiger partial charge on any atom is 0.240 e. The van der Waals surface area contributed by atoms with Crippen molar-refractivity contribution in [1.29, 1.82) is 0 Å². The first kappa shape index (κ1) is 10.9. The van der Waals surface area contributed by atoms with Gasteiger partial charge in [-0.15, -0.1) is 5.10 Å². The van der Waals surface area contributed by atoms with Crippen LogP contribution in [0.1, 0.15) is 6.42 Å². The highest BCUT2D eigenvalue weighted by Gasteiger charge is 2.12. The van der Waals surface area contributed by atoms with E-state index in [0.717, 1.165) is 4.79 Å². The molecule has 0 saturated carbocycles. The average molecular weight is 218 g/mol. The van der Waals surface area contributed by atoms with Crippen LogP contribution in [0.5, 0.6) is 0 Å². The van der Waals surface area contributed by atoms with Gasteiger partial charge in [0.25, 0.3) is 0 Å². The lowest BCUT2D eigenvalue weighted by Crippen LogP contribution is -2.23. The standard InChI is InChI=1S/C6H11N4O3P/c1-14(12,13)3-2-6(11)9-10-5-7-4-8-10/h4-5H,2-3H2,1H3,(H,9,11)(H,12,13). The van der Waals surface area contributed by atoms with Gasteiger partial charge in [0.05, 0.1) is 0 Å². The van der Waals surface area contributed by atoms with Crippen molar-refractivity contribution in [1.82, 2.24) is 14.9 Å². The third-order valence-electron chi connectivity index (χ3n) is 1.41. The molecule has 78 valence electrons. The number of carbonyl (C=O) groups excluding carboxylic acids is 1. The number of aromatic nitrogens is 3. The third kappa shape index (κ3) is 4.15. The molecule has 1 aromatic heterocycles. The van der Waals surface area contributed by atoms with Crippen molar-refractivity contribution in [3.05, 3.63) is 12.7 Å². The van der Waals surface area contributed by atoms with Crippen LogP contribution in [-0.2, 0) is 9.36 Å². The van der Waals surface area contributed by atoms with Crippen LogP contribution >= 0.6 is 7.37 Å². The van der Waals surface area contributed by atoms with Crippen LogP contribution < -0.4 is 5.43 Å². The van der Waals surface area contributed by atoms with Gasteiger partial charge in [-0.1, -0.05) is 0 Å². The molecule has 0 spiro atoms. The molecule has 8 heteroatoms. The fraction of sp³-hybridized carbons (Fsp3) is 0.500. The molecule has 0 aliphatic heterocycles. The minimum Gasteiger partial charge on any atom is -0.344 e. The van der Waals surface area contributed by atoms with Gasteiger partial charge in [0, 0.05) is 19.2 Å². The monoisotopic (exact) mass is 218 g/mol. The maximum absolute atomic E-state index is 11.1. The van der Waals surface area contributed by atoms with Crippen LogP contribution in [0.15, 0.2) is 12.7 Å². The number of rotatable bonds is 4. The lowest BCUT2D eigenvalue weighted by atomic mass is 10.5. The fourth-order valence-corrected chi connectivity index (χ4v) is 1.38. The zero-order valence-electron chi connectivity index (χ0n) is 7.62. The van der Waals surface area contributed by atoms with E-state index >= 15 is 0 Å². The first-order valence-corrected chi connectivity index (χ1v) is 6.20. The minimum atomic E-state index is -3.12. The van der Waals surface area contributed by atoms with Gasteiger partial charge < -0.3 is 4.89 Å². The lowest BCUT2D eigenvalue weighted by Gasteiger charge is -2.05. The Bertz CT molecular complexity index is 344. The van der Waals surface area contributed by atoms with Crippen molar-refractivity contribution >= 4 is 13.3 Å². The molecule has 2 N–H and O–H groups in total. The number of hydrogen-bond donors (Lipinski definition) is 2. The van der Waals surface area contributed by atoms with E-state index in [-0.39, 0.29) is 18.5 Å². The molecule has 1 heterocycles. The first-order valence-electron chi connectivity index (χ1n) is 3.91. The molecule has 0 bridgehead atoms. The van der Waals surface area contributed by atoms with Gasteiger partial charge in [-0.2, -0.15) is 4.79 Å². The van der Waals surface area contributed by atoms with Gasteiger partial charge in [0.15, 0.2) is 7.37 Å². The highest BCUT2D eigenvalue weighted by molar-refractivity contribution is 7.57. The highest BCUT2D eigenvalue weighted by atomic mass is 31.2. The molecular formula is C6H11N4O3P. The van der Waals surface area contributed by atoms with Crippen LogP contribution in [-0.4, -0.2) is 38.5 Å². The average Bonchev–Trinajstić information content (AvgIpc) is 2.52. The highest BCUT2D eigenvalue weighted by Crippen LogP contribution is 2.35. The summed E-state index contributed by atoms with van der Waals surface area (Å²) < 4.78 is 10.9. The van der Waals surface area contributed by atoms with E-state index in [1.807, 2.05) is 0 Å². The maximum atomic E-state index is 11.1. The van der Waals surface area contributed by atoms with Crippen LogP contribution in [0.2, 0.25) is 0 Å². The molecule has 1 aromatic rings. The van der Waals surface area contributed by atoms with Crippen molar-refractivity contribution in [2.24, 2.45) is 0 Å². The first-order chi connectivity index (χ1) is 6.47. The molecule has 0 aliphatic rings. The Morgan fingerprint density at radius 3 is 2.93 bits per heavy atom. The van der Waals surface area contributed by atoms with E-state index in [9.17, 15) is 9.36 Å². The summed E-state index contributed by atoms with van der Waals surface area (Å²) in [6, 6.07) is 0. The molecule has 1 unspecified atom stereocenters. The van der Waals surface area contributed by atoms with Gasteiger partial charge >= 0.3 is 0 Å². The SMILES string of the molecule is CP(=O)(O)CCC(=O)Nn1cncn1. The molecule has 0 fully saturated rings. The molecule has 0 saturated heterocycles. The zero-order valence-corrected chi connectivity index (χ0v) is 8.52. The van der Waals surface area contributed by atoms with E-state index in [4.69, 9.17) is 4.89 Å². The Balaban J connectivity index is 2.34. The number of carbonyl (C=O) groups is 1. The molecule has 1 atom stereocenters. The number of nitrogens with one attached hydrogen (secondary N) is 1. The van der Waals surface area contributed by atoms with Gasteiger partial charge in [0.1, 0.15) is 12.7 Å². The van der Waals surface area contributed by atoms with E-state index < -0.39 is 7.37 Å². The second-order valence-electron chi connectivity index (χ2n) is 2.90. The Kier molecular flexibility index (Phi) is 3.38. The quantitative estimate of drug-likeness (QED) is 0.672. The molecule has 1 rings (SSSR count). The van der Waals surface area contributed by atoms with Gasteiger partial charge in [0.2, 0.25) is 5.91 Å². The van der Waals surface area contributed by atoms with Crippen LogP contribution in [0.4, 0.5) is 0 Å². The zero-order chi connectivity index (χ0) is 10.6. The summed E-state index contributed by atoms with van der Waals surface area (Å²) in [7, 11) is -3.12. The Morgan fingerprint density at radius 1 is 1.71 bits per heavy atom. The lowest BCUT2D eigenvalue weighted by molar-refractivity contribution is -0.116. The molecule has 7 nitrogen and oxygen atoms in total. The summed E-state index contributed by atoms with van der Waals surface area (Å²) >= 11 is 0.